The monoisotopic (exact) mass is 245 g/mol. The smallest absolute Gasteiger partial charge is 0.323 e. The fraction of sp³-hybridized carbons (Fsp3) is 0.750. The van der Waals surface area contributed by atoms with Crippen LogP contribution in [0.25, 0.3) is 0 Å². The van der Waals surface area contributed by atoms with Gasteiger partial charge in [-0.05, 0) is 31.9 Å². The highest BCUT2D eigenvalue weighted by Crippen LogP contribution is 2.19. The van der Waals surface area contributed by atoms with E-state index in [4.69, 9.17) is 16.3 Å². The minimum atomic E-state index is -0.107. The lowest BCUT2D eigenvalue weighted by molar-refractivity contribution is -0.150. The quantitative estimate of drug-likeness (QED) is 0.423. The van der Waals surface area contributed by atoms with Gasteiger partial charge in [-0.3, -0.25) is 9.69 Å². The molecule has 1 rings (SSSR count). The first-order chi connectivity index (χ1) is 7.69. The van der Waals surface area contributed by atoms with Crippen molar-refractivity contribution in [3.05, 3.63) is 12.2 Å². The zero-order valence-corrected chi connectivity index (χ0v) is 10.6. The first kappa shape index (κ1) is 13.5. The molecule has 0 bridgehead atoms. The molecule has 3 nitrogen and oxygen atoms in total. The maximum absolute atomic E-state index is 11.8. The number of esters is 1. The molecular formula is C12H20ClNO2. The van der Waals surface area contributed by atoms with Crippen molar-refractivity contribution in [3.8, 4) is 0 Å². The molecule has 1 heterocycles. The van der Waals surface area contributed by atoms with Gasteiger partial charge in [0.1, 0.15) is 6.04 Å². The number of carbonyl (C=O) groups excluding carboxylic acids is 1. The van der Waals surface area contributed by atoms with Gasteiger partial charge >= 0.3 is 5.97 Å². The molecule has 0 N–H and O–H groups in total. The third-order valence-corrected chi connectivity index (χ3v) is 3.17. The van der Waals surface area contributed by atoms with E-state index in [9.17, 15) is 4.79 Å². The molecule has 1 aliphatic heterocycles. The molecule has 0 aromatic heterocycles. The number of carbonyl (C=O) groups is 1. The molecule has 0 aromatic carbocycles. The average molecular weight is 246 g/mol. The number of likely N-dealkylation sites (tertiary alicyclic amines) is 1. The van der Waals surface area contributed by atoms with Gasteiger partial charge in [0.25, 0.3) is 0 Å². The van der Waals surface area contributed by atoms with Crippen LogP contribution in [0.4, 0.5) is 0 Å². The van der Waals surface area contributed by atoms with Crippen LogP contribution in [-0.2, 0) is 9.53 Å². The Labute approximate surface area is 102 Å². The van der Waals surface area contributed by atoms with E-state index in [2.05, 4.69) is 11.5 Å². The van der Waals surface area contributed by atoms with E-state index in [1.165, 1.54) is 0 Å². The molecule has 1 saturated heterocycles. The van der Waals surface area contributed by atoms with E-state index in [0.717, 1.165) is 31.4 Å². The Morgan fingerprint density at radius 3 is 2.94 bits per heavy atom. The van der Waals surface area contributed by atoms with E-state index in [-0.39, 0.29) is 12.0 Å². The van der Waals surface area contributed by atoms with E-state index < -0.39 is 0 Å². The Kier molecular flexibility index (Phi) is 5.85. The predicted molar refractivity (Wildman–Crippen MR) is 65.7 cm³/mol. The third kappa shape index (κ3) is 3.80. The third-order valence-electron chi connectivity index (χ3n) is 2.79. The summed E-state index contributed by atoms with van der Waals surface area (Å²) >= 11 is 5.72. The van der Waals surface area contributed by atoms with Crippen LogP contribution in [0.15, 0.2) is 12.2 Å². The van der Waals surface area contributed by atoms with Crippen molar-refractivity contribution in [2.75, 3.05) is 25.6 Å². The normalized spacial score (nSPS) is 21.8. The highest BCUT2D eigenvalue weighted by atomic mass is 35.5. The summed E-state index contributed by atoms with van der Waals surface area (Å²) in [5.41, 5.74) is 0.956. The van der Waals surface area contributed by atoms with Crippen molar-refractivity contribution in [1.82, 2.24) is 4.90 Å². The molecule has 1 fully saturated rings. The van der Waals surface area contributed by atoms with Gasteiger partial charge < -0.3 is 4.74 Å². The second-order valence-corrected chi connectivity index (χ2v) is 4.38. The van der Waals surface area contributed by atoms with E-state index in [1.807, 2.05) is 6.92 Å². The second-order valence-electron chi connectivity index (χ2n) is 4.12. The van der Waals surface area contributed by atoms with Crippen LogP contribution in [0.3, 0.4) is 0 Å². The topological polar surface area (TPSA) is 29.5 Å². The molecule has 0 saturated carbocycles. The maximum atomic E-state index is 11.8. The molecule has 4 heteroatoms. The van der Waals surface area contributed by atoms with Crippen LogP contribution in [0, 0.1) is 0 Å². The van der Waals surface area contributed by atoms with Crippen molar-refractivity contribution < 1.29 is 9.53 Å². The van der Waals surface area contributed by atoms with Gasteiger partial charge in [0, 0.05) is 12.4 Å². The Hall–Kier alpha value is -0.540. The van der Waals surface area contributed by atoms with E-state index in [1.54, 1.807) is 0 Å². The molecule has 0 aliphatic carbocycles. The summed E-state index contributed by atoms with van der Waals surface area (Å²) in [6, 6.07) is -0.103. The summed E-state index contributed by atoms with van der Waals surface area (Å²) in [5, 5.41) is 0. The molecule has 0 aromatic rings. The SMILES string of the molecule is C=C(CCl)CN1CCCCC1C(=O)OCC. The number of halogens is 1. The average Bonchev–Trinajstić information content (AvgIpc) is 2.30. The van der Waals surface area contributed by atoms with Gasteiger partial charge in [0.15, 0.2) is 0 Å². The van der Waals surface area contributed by atoms with Crippen LogP contribution in [0.1, 0.15) is 26.2 Å². The molecule has 0 spiro atoms. The summed E-state index contributed by atoms with van der Waals surface area (Å²) < 4.78 is 5.08. The number of hydrogen-bond donors (Lipinski definition) is 0. The maximum Gasteiger partial charge on any atom is 0.323 e. The highest BCUT2D eigenvalue weighted by Gasteiger charge is 2.29. The standard InChI is InChI=1S/C12H20ClNO2/c1-3-16-12(15)11-6-4-5-7-14(11)9-10(2)8-13/h11H,2-9H2,1H3. The summed E-state index contributed by atoms with van der Waals surface area (Å²) in [5.74, 6) is 0.344. The molecular weight excluding hydrogens is 226 g/mol. The number of nitrogens with zero attached hydrogens (tertiary/aromatic N) is 1. The molecule has 0 amide bonds. The fourth-order valence-electron chi connectivity index (χ4n) is 2.02. The molecule has 1 atom stereocenters. The summed E-state index contributed by atoms with van der Waals surface area (Å²) in [6.07, 6.45) is 3.10. The second kappa shape index (κ2) is 6.92. The van der Waals surface area contributed by atoms with Crippen molar-refractivity contribution in [2.24, 2.45) is 0 Å². The summed E-state index contributed by atoms with van der Waals surface area (Å²) in [4.78, 5) is 13.9. The Morgan fingerprint density at radius 1 is 1.56 bits per heavy atom. The predicted octanol–water partition coefficient (Wildman–Crippen LogP) is 2.20. The first-order valence-corrected chi connectivity index (χ1v) is 6.35. The van der Waals surface area contributed by atoms with Crippen LogP contribution in [0.5, 0.6) is 0 Å². The Bertz CT molecular complexity index is 255. The molecule has 0 radical (unpaired) electrons. The van der Waals surface area contributed by atoms with Crippen molar-refractivity contribution in [3.63, 3.8) is 0 Å². The van der Waals surface area contributed by atoms with Gasteiger partial charge in [-0.25, -0.2) is 0 Å². The minimum Gasteiger partial charge on any atom is -0.465 e. The van der Waals surface area contributed by atoms with Gasteiger partial charge in [-0.1, -0.05) is 13.0 Å². The first-order valence-electron chi connectivity index (χ1n) is 5.82. The van der Waals surface area contributed by atoms with Crippen molar-refractivity contribution in [1.29, 1.82) is 0 Å². The van der Waals surface area contributed by atoms with E-state index in [0.29, 0.717) is 19.0 Å². The summed E-state index contributed by atoms with van der Waals surface area (Å²) in [7, 11) is 0. The zero-order chi connectivity index (χ0) is 12.0. The fourth-order valence-corrected chi connectivity index (χ4v) is 2.10. The molecule has 16 heavy (non-hydrogen) atoms. The largest absolute Gasteiger partial charge is 0.465 e. The van der Waals surface area contributed by atoms with Crippen LogP contribution >= 0.6 is 11.6 Å². The Balaban J connectivity index is 2.56. The van der Waals surface area contributed by atoms with Crippen LogP contribution in [0.2, 0.25) is 0 Å². The lowest BCUT2D eigenvalue weighted by Crippen LogP contribution is -2.46. The lowest BCUT2D eigenvalue weighted by Gasteiger charge is -2.34. The molecule has 92 valence electrons. The number of alkyl halides is 1. The van der Waals surface area contributed by atoms with Gasteiger partial charge in [0.05, 0.1) is 6.61 Å². The lowest BCUT2D eigenvalue weighted by atomic mass is 10.0. The number of ether oxygens (including phenoxy) is 1. The molecule has 1 aliphatic rings. The highest BCUT2D eigenvalue weighted by molar-refractivity contribution is 6.19. The van der Waals surface area contributed by atoms with Crippen LogP contribution in [-0.4, -0.2) is 42.5 Å². The van der Waals surface area contributed by atoms with Crippen molar-refractivity contribution >= 4 is 17.6 Å². The van der Waals surface area contributed by atoms with Gasteiger partial charge in [0.2, 0.25) is 0 Å². The minimum absolute atomic E-state index is 0.103. The number of piperidine rings is 1. The number of hydrogen-bond acceptors (Lipinski definition) is 3. The van der Waals surface area contributed by atoms with Crippen molar-refractivity contribution in [2.45, 2.75) is 32.2 Å². The molecule has 1 unspecified atom stereocenters. The zero-order valence-electron chi connectivity index (χ0n) is 9.88. The van der Waals surface area contributed by atoms with E-state index >= 15 is 0 Å². The number of rotatable bonds is 5. The van der Waals surface area contributed by atoms with Gasteiger partial charge in [-0.15, -0.1) is 11.6 Å². The van der Waals surface area contributed by atoms with Crippen LogP contribution < -0.4 is 0 Å². The summed E-state index contributed by atoms with van der Waals surface area (Å²) in [6.45, 7) is 7.79. The Morgan fingerprint density at radius 2 is 2.31 bits per heavy atom. The van der Waals surface area contributed by atoms with Gasteiger partial charge in [-0.2, -0.15) is 0 Å².